The van der Waals surface area contributed by atoms with Gasteiger partial charge in [-0.3, -0.25) is 4.79 Å². The summed E-state index contributed by atoms with van der Waals surface area (Å²) in [6.07, 6.45) is 6.57. The van der Waals surface area contributed by atoms with Gasteiger partial charge in [0.25, 0.3) is 0 Å². The van der Waals surface area contributed by atoms with Crippen molar-refractivity contribution < 1.29 is 4.79 Å². The Bertz CT molecular complexity index is 630. The van der Waals surface area contributed by atoms with E-state index in [1.165, 1.54) is 24.1 Å². The highest BCUT2D eigenvalue weighted by atomic mass is 32.1. The number of anilines is 1. The number of thiazole rings is 1. The van der Waals surface area contributed by atoms with Gasteiger partial charge in [0.05, 0.1) is 5.69 Å². The van der Waals surface area contributed by atoms with E-state index in [1.807, 2.05) is 18.2 Å². The maximum absolute atomic E-state index is 12.4. The first kappa shape index (κ1) is 15.2. The number of hydrogen-bond donors (Lipinski definition) is 1. The molecule has 1 N–H and O–H groups in total. The molecule has 1 heterocycles. The van der Waals surface area contributed by atoms with Gasteiger partial charge in [-0.05, 0) is 19.3 Å². The van der Waals surface area contributed by atoms with Crippen LogP contribution < -0.4 is 5.32 Å². The average molecular weight is 314 g/mol. The summed E-state index contributed by atoms with van der Waals surface area (Å²) >= 11 is 1.60. The summed E-state index contributed by atoms with van der Waals surface area (Å²) in [6, 6.07) is 10.2. The molecule has 1 fully saturated rings. The maximum Gasteiger partial charge on any atom is 0.229 e. The quantitative estimate of drug-likeness (QED) is 0.873. The van der Waals surface area contributed by atoms with E-state index in [0.717, 1.165) is 35.7 Å². The van der Waals surface area contributed by atoms with Gasteiger partial charge in [-0.1, -0.05) is 56.5 Å². The molecule has 1 aromatic carbocycles. The Kier molecular flexibility index (Phi) is 4.88. The van der Waals surface area contributed by atoms with Crippen molar-refractivity contribution in [1.29, 1.82) is 0 Å². The molecule has 3 rings (SSSR count). The van der Waals surface area contributed by atoms with Crippen LogP contribution in [0, 0.1) is 5.92 Å². The predicted molar refractivity (Wildman–Crippen MR) is 92.1 cm³/mol. The maximum atomic E-state index is 12.4. The molecule has 116 valence electrons. The van der Waals surface area contributed by atoms with Crippen LogP contribution >= 0.6 is 11.3 Å². The van der Waals surface area contributed by atoms with Crippen LogP contribution in [-0.4, -0.2) is 10.9 Å². The standard InChI is InChI=1S/C18H22N2OS/c1-2-15-16(13-9-5-3-6-10-13)19-18(22-15)20-17(21)14-11-7-4-8-12-14/h3,5-6,9-10,14H,2,4,7-8,11-12H2,1H3,(H,19,20,21). The van der Waals surface area contributed by atoms with Crippen molar-refractivity contribution in [3.63, 3.8) is 0 Å². The Hall–Kier alpha value is -1.68. The molecule has 0 atom stereocenters. The zero-order chi connectivity index (χ0) is 15.4. The first-order valence-corrected chi connectivity index (χ1v) is 8.95. The molecule has 3 nitrogen and oxygen atoms in total. The van der Waals surface area contributed by atoms with Crippen molar-refractivity contribution in [2.24, 2.45) is 5.92 Å². The van der Waals surface area contributed by atoms with Crippen molar-refractivity contribution in [2.75, 3.05) is 5.32 Å². The molecular weight excluding hydrogens is 292 g/mol. The molecule has 0 saturated heterocycles. The number of benzene rings is 1. The van der Waals surface area contributed by atoms with E-state index < -0.39 is 0 Å². The highest BCUT2D eigenvalue weighted by Gasteiger charge is 2.22. The fraction of sp³-hybridized carbons (Fsp3) is 0.444. The third-order valence-electron chi connectivity index (χ3n) is 4.27. The summed E-state index contributed by atoms with van der Waals surface area (Å²) in [4.78, 5) is 18.3. The Morgan fingerprint density at radius 3 is 2.64 bits per heavy atom. The van der Waals surface area contributed by atoms with E-state index in [1.54, 1.807) is 11.3 Å². The molecule has 1 saturated carbocycles. The second kappa shape index (κ2) is 7.05. The lowest BCUT2D eigenvalue weighted by Gasteiger charge is -2.19. The highest BCUT2D eigenvalue weighted by Crippen LogP contribution is 2.32. The van der Waals surface area contributed by atoms with Crippen molar-refractivity contribution in [3.8, 4) is 11.3 Å². The van der Waals surface area contributed by atoms with Crippen LogP contribution in [0.25, 0.3) is 11.3 Å². The fourth-order valence-electron chi connectivity index (χ4n) is 3.04. The molecule has 22 heavy (non-hydrogen) atoms. The number of hydrogen-bond acceptors (Lipinski definition) is 3. The molecule has 0 radical (unpaired) electrons. The lowest BCUT2D eigenvalue weighted by atomic mass is 9.89. The Morgan fingerprint density at radius 2 is 1.95 bits per heavy atom. The van der Waals surface area contributed by atoms with E-state index in [0.29, 0.717) is 0 Å². The van der Waals surface area contributed by atoms with E-state index >= 15 is 0 Å². The predicted octanol–water partition coefficient (Wildman–Crippen LogP) is 4.89. The number of nitrogens with zero attached hydrogens (tertiary/aromatic N) is 1. The zero-order valence-corrected chi connectivity index (χ0v) is 13.8. The Morgan fingerprint density at radius 1 is 1.23 bits per heavy atom. The molecule has 1 aromatic heterocycles. The van der Waals surface area contributed by atoms with Crippen LogP contribution in [0.15, 0.2) is 30.3 Å². The summed E-state index contributed by atoms with van der Waals surface area (Å²) in [5.74, 6) is 0.318. The largest absolute Gasteiger partial charge is 0.302 e. The van der Waals surface area contributed by atoms with Crippen LogP contribution in [0.4, 0.5) is 5.13 Å². The topological polar surface area (TPSA) is 42.0 Å². The summed E-state index contributed by atoms with van der Waals surface area (Å²) in [7, 11) is 0. The van der Waals surface area contributed by atoms with E-state index in [4.69, 9.17) is 0 Å². The molecule has 4 heteroatoms. The second-order valence-corrected chi connectivity index (χ2v) is 6.92. The first-order chi connectivity index (χ1) is 10.8. The van der Waals surface area contributed by atoms with E-state index in [9.17, 15) is 4.79 Å². The minimum atomic E-state index is 0.149. The van der Waals surface area contributed by atoms with Gasteiger partial charge >= 0.3 is 0 Å². The highest BCUT2D eigenvalue weighted by molar-refractivity contribution is 7.16. The van der Waals surface area contributed by atoms with Gasteiger partial charge in [0.15, 0.2) is 5.13 Å². The third kappa shape index (κ3) is 3.38. The molecule has 1 aliphatic carbocycles. The molecule has 0 unspecified atom stereocenters. The van der Waals surface area contributed by atoms with Gasteiger partial charge in [0.1, 0.15) is 0 Å². The van der Waals surface area contributed by atoms with Crippen molar-refractivity contribution in [1.82, 2.24) is 4.98 Å². The van der Waals surface area contributed by atoms with Crippen LogP contribution in [-0.2, 0) is 11.2 Å². The first-order valence-electron chi connectivity index (χ1n) is 8.14. The van der Waals surface area contributed by atoms with Crippen LogP contribution in [0.3, 0.4) is 0 Å². The number of amides is 1. The number of aromatic nitrogens is 1. The molecular formula is C18H22N2OS. The lowest BCUT2D eigenvalue weighted by Crippen LogP contribution is -2.24. The number of aryl methyl sites for hydroxylation is 1. The molecule has 2 aromatic rings. The van der Waals surface area contributed by atoms with Crippen molar-refractivity contribution in [2.45, 2.75) is 45.4 Å². The normalized spacial score (nSPS) is 15.7. The van der Waals surface area contributed by atoms with Gasteiger partial charge in [-0.15, -0.1) is 11.3 Å². The molecule has 0 spiro atoms. The van der Waals surface area contributed by atoms with Gasteiger partial charge < -0.3 is 5.32 Å². The minimum absolute atomic E-state index is 0.149. The summed E-state index contributed by atoms with van der Waals surface area (Å²) in [5.41, 5.74) is 2.13. The smallest absolute Gasteiger partial charge is 0.229 e. The van der Waals surface area contributed by atoms with E-state index in [-0.39, 0.29) is 11.8 Å². The zero-order valence-electron chi connectivity index (χ0n) is 13.0. The van der Waals surface area contributed by atoms with Crippen LogP contribution in [0.5, 0.6) is 0 Å². The second-order valence-electron chi connectivity index (χ2n) is 5.83. The minimum Gasteiger partial charge on any atom is -0.302 e. The molecule has 1 amide bonds. The summed E-state index contributed by atoms with van der Waals surface area (Å²) in [5, 5.41) is 3.79. The van der Waals surface area contributed by atoms with E-state index in [2.05, 4.69) is 29.4 Å². The monoisotopic (exact) mass is 314 g/mol. The lowest BCUT2D eigenvalue weighted by molar-refractivity contribution is -0.120. The number of nitrogens with one attached hydrogen (secondary N) is 1. The van der Waals surface area contributed by atoms with Gasteiger partial charge in [-0.25, -0.2) is 4.98 Å². The fourth-order valence-corrected chi connectivity index (χ4v) is 3.97. The molecule has 0 bridgehead atoms. The average Bonchev–Trinajstić information content (AvgIpc) is 2.99. The Labute approximate surface area is 135 Å². The van der Waals surface area contributed by atoms with Gasteiger partial charge in [0.2, 0.25) is 5.91 Å². The molecule has 0 aliphatic heterocycles. The van der Waals surface area contributed by atoms with Gasteiger partial charge in [-0.2, -0.15) is 0 Å². The van der Waals surface area contributed by atoms with Gasteiger partial charge in [0, 0.05) is 16.4 Å². The third-order valence-corrected chi connectivity index (χ3v) is 5.39. The Balaban J connectivity index is 1.77. The van der Waals surface area contributed by atoms with Crippen LogP contribution in [0.1, 0.15) is 43.9 Å². The SMILES string of the molecule is CCc1sc(NC(=O)C2CCCCC2)nc1-c1ccccc1. The van der Waals surface area contributed by atoms with Crippen molar-refractivity contribution in [3.05, 3.63) is 35.2 Å². The summed E-state index contributed by atoms with van der Waals surface area (Å²) < 4.78 is 0. The number of carbonyl (C=O) groups excluding carboxylic acids is 1. The molecule has 1 aliphatic rings. The summed E-state index contributed by atoms with van der Waals surface area (Å²) in [6.45, 7) is 2.13. The van der Waals surface area contributed by atoms with Crippen molar-refractivity contribution >= 4 is 22.4 Å². The van der Waals surface area contributed by atoms with Crippen LogP contribution in [0.2, 0.25) is 0 Å². The number of carbonyl (C=O) groups is 1. The number of rotatable bonds is 4.